The summed E-state index contributed by atoms with van der Waals surface area (Å²) in [5.74, 6) is -0.825. The number of allylic oxidation sites excluding steroid dienone is 20. The van der Waals surface area contributed by atoms with Gasteiger partial charge in [-0.25, -0.2) is 4.57 Å². The van der Waals surface area contributed by atoms with Crippen molar-refractivity contribution in [3.05, 3.63) is 122 Å². The lowest BCUT2D eigenvalue weighted by atomic mass is 10.0. The third-order valence-electron chi connectivity index (χ3n) is 14.8. The van der Waals surface area contributed by atoms with Crippen LogP contribution in [0.25, 0.3) is 0 Å². The fourth-order valence-corrected chi connectivity index (χ4v) is 10.5. The summed E-state index contributed by atoms with van der Waals surface area (Å²) in [5.41, 5.74) is 5.40. The van der Waals surface area contributed by atoms with Crippen molar-refractivity contribution >= 4 is 19.8 Å². The lowest BCUT2D eigenvalue weighted by Crippen LogP contribution is -2.29. The molecule has 0 amide bonds. The molecule has 0 radical (unpaired) electrons. The average molecular weight is 1200 g/mol. The first-order valence-corrected chi connectivity index (χ1v) is 36.5. The highest BCUT2D eigenvalue weighted by Crippen LogP contribution is 2.43. The molecule has 2 atom stereocenters. The SMILES string of the molecule is CC/C=C\C/C=C\C/C=C\C/C=C\C/C=C\C/C=C\CCCCCCCCCCCCCCCCCCCCCCCCC(=O)OC(COC(=O)CCCCCCCCCCCC/C=C\C/C=C\C/C=C\C/C=C\CC)COP(=O)(O)OCCN. The number of unbranched alkanes of at least 4 members (excludes halogenated alkanes) is 32. The van der Waals surface area contributed by atoms with Crippen LogP contribution in [0.2, 0.25) is 0 Å². The average Bonchev–Trinajstić information content (AvgIpc) is 3.52. The van der Waals surface area contributed by atoms with E-state index in [9.17, 15) is 19.0 Å². The van der Waals surface area contributed by atoms with Gasteiger partial charge in [0.1, 0.15) is 6.61 Å². The molecule has 0 bridgehead atoms. The molecule has 0 spiro atoms. The number of carbonyl (C=O) groups is 2. The number of hydrogen-bond acceptors (Lipinski definition) is 8. The quantitative estimate of drug-likeness (QED) is 0.0264. The van der Waals surface area contributed by atoms with E-state index in [0.717, 1.165) is 116 Å². The summed E-state index contributed by atoms with van der Waals surface area (Å²) in [6.07, 6.45) is 97.3. The van der Waals surface area contributed by atoms with E-state index < -0.39 is 26.5 Å². The summed E-state index contributed by atoms with van der Waals surface area (Å²) in [4.78, 5) is 35.3. The van der Waals surface area contributed by atoms with Crippen LogP contribution in [-0.2, 0) is 32.7 Å². The zero-order chi connectivity index (χ0) is 61.6. The second kappa shape index (κ2) is 69.5. The van der Waals surface area contributed by atoms with Gasteiger partial charge in [0, 0.05) is 19.4 Å². The Hall–Kier alpha value is -3.59. The predicted octanol–water partition coefficient (Wildman–Crippen LogP) is 23.1. The first kappa shape index (κ1) is 81.4. The molecule has 10 heteroatoms. The van der Waals surface area contributed by atoms with E-state index in [2.05, 4.69) is 135 Å². The first-order valence-electron chi connectivity index (χ1n) is 35.0. The second-order valence-electron chi connectivity index (χ2n) is 23.0. The zero-order valence-corrected chi connectivity index (χ0v) is 55.7. The number of esters is 2. The summed E-state index contributed by atoms with van der Waals surface area (Å²) in [5, 5.41) is 0. The van der Waals surface area contributed by atoms with Crippen molar-refractivity contribution in [1.29, 1.82) is 0 Å². The highest BCUT2D eigenvalue weighted by Gasteiger charge is 2.26. The number of phosphoric acid groups is 1. The minimum absolute atomic E-state index is 0.0500. The van der Waals surface area contributed by atoms with Crippen LogP contribution in [0.1, 0.15) is 309 Å². The van der Waals surface area contributed by atoms with Crippen LogP contribution in [0.4, 0.5) is 0 Å². The van der Waals surface area contributed by atoms with E-state index in [-0.39, 0.29) is 38.6 Å². The van der Waals surface area contributed by atoms with Gasteiger partial charge in [0.15, 0.2) is 6.10 Å². The molecule has 3 N–H and O–H groups in total. The molecule has 0 aliphatic rings. The lowest BCUT2D eigenvalue weighted by molar-refractivity contribution is -0.161. The summed E-state index contributed by atoms with van der Waals surface area (Å²) < 4.78 is 33.2. The van der Waals surface area contributed by atoms with Crippen molar-refractivity contribution in [1.82, 2.24) is 0 Å². The number of carbonyl (C=O) groups excluding carboxylic acids is 2. The first-order chi connectivity index (χ1) is 41.8. The normalized spacial score (nSPS) is 13.7. The number of hydrogen-bond donors (Lipinski definition) is 2. The van der Waals surface area contributed by atoms with Crippen LogP contribution in [0.15, 0.2) is 122 Å². The third kappa shape index (κ3) is 69.4. The Balaban J connectivity index is 3.83. The summed E-state index contributed by atoms with van der Waals surface area (Å²) in [6, 6.07) is 0. The number of phosphoric ester groups is 1. The number of nitrogens with two attached hydrogens (primary N) is 1. The van der Waals surface area contributed by atoms with Gasteiger partial charge in [-0.2, -0.15) is 0 Å². The molecule has 85 heavy (non-hydrogen) atoms. The van der Waals surface area contributed by atoms with Gasteiger partial charge >= 0.3 is 19.8 Å². The number of rotatable bonds is 65. The highest BCUT2D eigenvalue weighted by molar-refractivity contribution is 7.47. The van der Waals surface area contributed by atoms with Gasteiger partial charge in [0.05, 0.1) is 13.2 Å². The molecule has 2 unspecified atom stereocenters. The van der Waals surface area contributed by atoms with Gasteiger partial charge in [-0.05, 0) is 103 Å². The molecule has 0 fully saturated rings. The van der Waals surface area contributed by atoms with Crippen LogP contribution in [0.5, 0.6) is 0 Å². The largest absolute Gasteiger partial charge is 0.472 e. The zero-order valence-electron chi connectivity index (χ0n) is 54.8. The van der Waals surface area contributed by atoms with Crippen molar-refractivity contribution in [3.63, 3.8) is 0 Å². The van der Waals surface area contributed by atoms with Gasteiger partial charge in [-0.15, -0.1) is 0 Å². The van der Waals surface area contributed by atoms with E-state index >= 15 is 0 Å². The minimum Gasteiger partial charge on any atom is -0.462 e. The Kier molecular flexibility index (Phi) is 66.6. The van der Waals surface area contributed by atoms with Crippen LogP contribution in [0, 0.1) is 0 Å². The molecule has 0 saturated heterocycles. The van der Waals surface area contributed by atoms with Crippen molar-refractivity contribution in [2.75, 3.05) is 26.4 Å². The number of ether oxygens (including phenoxy) is 2. The molecule has 9 nitrogen and oxygen atoms in total. The second-order valence-corrected chi connectivity index (χ2v) is 24.4. The molecular weight excluding hydrogens is 1070 g/mol. The van der Waals surface area contributed by atoms with Crippen LogP contribution in [0.3, 0.4) is 0 Å². The fraction of sp³-hybridized carbons (Fsp3) is 0.707. The molecule has 0 rings (SSSR count). The third-order valence-corrected chi connectivity index (χ3v) is 15.8. The Labute approximate surface area is 523 Å². The minimum atomic E-state index is -4.40. The molecule has 0 aromatic heterocycles. The topological polar surface area (TPSA) is 134 Å². The van der Waals surface area contributed by atoms with Crippen LogP contribution < -0.4 is 5.73 Å². The molecule has 0 aromatic carbocycles. The van der Waals surface area contributed by atoms with E-state index in [0.29, 0.717) is 6.42 Å². The van der Waals surface area contributed by atoms with Crippen LogP contribution >= 0.6 is 7.82 Å². The van der Waals surface area contributed by atoms with Gasteiger partial charge < -0.3 is 20.1 Å². The van der Waals surface area contributed by atoms with Crippen LogP contribution in [-0.4, -0.2) is 49.3 Å². The summed E-state index contributed by atoms with van der Waals surface area (Å²) in [6.45, 7) is 3.54. The Morgan fingerprint density at radius 3 is 0.906 bits per heavy atom. The molecule has 0 aromatic rings. The van der Waals surface area contributed by atoms with E-state index in [1.165, 1.54) is 161 Å². The maximum Gasteiger partial charge on any atom is 0.472 e. The molecular formula is C75H130NO8P. The summed E-state index contributed by atoms with van der Waals surface area (Å²) in [7, 11) is -4.40. The molecule has 488 valence electrons. The maximum atomic E-state index is 12.8. The van der Waals surface area contributed by atoms with Crippen molar-refractivity contribution in [2.45, 2.75) is 315 Å². The monoisotopic (exact) mass is 1200 g/mol. The highest BCUT2D eigenvalue weighted by atomic mass is 31.2. The Morgan fingerprint density at radius 1 is 0.353 bits per heavy atom. The lowest BCUT2D eigenvalue weighted by Gasteiger charge is -2.19. The Bertz CT molecular complexity index is 1810. The standard InChI is InChI=1S/C75H130NO8P/c1-3-5-7-9-11-13-15-17-19-21-23-25-27-28-29-30-31-32-33-34-35-36-37-38-39-40-41-42-43-44-46-48-50-52-54-56-58-60-62-64-66-68-75(78)84-73(72-83-85(79,80)82-70-69-76)71-81-74(77)67-65-63-61-59-57-55-53-51-49-47-45-26-24-22-20-18-16-14-12-10-8-6-4-2/h5-8,11-14,17-20,23-26,28-29,31-32,73H,3-4,9-10,15-16,21-22,27,30,33-72,76H2,1-2H3,(H,79,80)/b7-5-,8-6-,13-11-,14-12-,19-17-,20-18-,25-23-,26-24-,29-28-,32-31-. The molecule has 0 aliphatic carbocycles. The molecule has 0 saturated carbocycles. The fourth-order valence-electron chi connectivity index (χ4n) is 9.75. The van der Waals surface area contributed by atoms with Crippen molar-refractivity contribution < 1.29 is 37.6 Å². The van der Waals surface area contributed by atoms with Crippen molar-refractivity contribution in [3.8, 4) is 0 Å². The molecule has 0 heterocycles. The van der Waals surface area contributed by atoms with Crippen molar-refractivity contribution in [2.24, 2.45) is 5.73 Å². The van der Waals surface area contributed by atoms with Gasteiger partial charge in [-0.1, -0.05) is 315 Å². The summed E-state index contributed by atoms with van der Waals surface area (Å²) >= 11 is 0. The molecule has 0 aliphatic heterocycles. The van der Waals surface area contributed by atoms with Gasteiger partial charge in [0.25, 0.3) is 0 Å². The van der Waals surface area contributed by atoms with E-state index in [4.69, 9.17) is 24.3 Å². The maximum absolute atomic E-state index is 12.8. The van der Waals surface area contributed by atoms with E-state index in [1.54, 1.807) is 0 Å². The van der Waals surface area contributed by atoms with Gasteiger partial charge in [-0.3, -0.25) is 18.6 Å². The Morgan fingerprint density at radius 2 is 0.612 bits per heavy atom. The van der Waals surface area contributed by atoms with E-state index in [1.807, 2.05) is 0 Å². The predicted molar refractivity (Wildman–Crippen MR) is 367 cm³/mol. The smallest absolute Gasteiger partial charge is 0.462 e. The van der Waals surface area contributed by atoms with Gasteiger partial charge in [0.2, 0.25) is 0 Å².